The van der Waals surface area contributed by atoms with Gasteiger partial charge < -0.3 is 10.5 Å². The summed E-state index contributed by atoms with van der Waals surface area (Å²) in [6, 6.07) is 7.65. The van der Waals surface area contributed by atoms with Crippen LogP contribution in [0.5, 0.6) is 5.75 Å². The number of hydrogen-bond donors (Lipinski definition) is 1. The summed E-state index contributed by atoms with van der Waals surface area (Å²) in [7, 11) is 0. The van der Waals surface area contributed by atoms with Gasteiger partial charge in [-0.05, 0) is 24.6 Å². The maximum absolute atomic E-state index is 5.83. The van der Waals surface area contributed by atoms with Crippen molar-refractivity contribution < 1.29 is 4.74 Å². The molecule has 0 saturated carbocycles. The van der Waals surface area contributed by atoms with Crippen LogP contribution < -0.4 is 10.5 Å². The van der Waals surface area contributed by atoms with E-state index in [1.54, 1.807) is 0 Å². The van der Waals surface area contributed by atoms with Crippen LogP contribution in [0, 0.1) is 5.92 Å². The van der Waals surface area contributed by atoms with Crippen LogP contribution in [0.25, 0.3) is 0 Å². The van der Waals surface area contributed by atoms with E-state index in [9.17, 15) is 0 Å². The molecule has 0 fully saturated rings. The van der Waals surface area contributed by atoms with Crippen LogP contribution in [0.4, 0.5) is 5.69 Å². The second kappa shape index (κ2) is 7.98. The van der Waals surface area contributed by atoms with Gasteiger partial charge in [-0.25, -0.2) is 0 Å². The Balaban J connectivity index is 2.33. The summed E-state index contributed by atoms with van der Waals surface area (Å²) in [6.45, 7) is 10.6. The summed E-state index contributed by atoms with van der Waals surface area (Å²) in [6.07, 6.45) is 1.23. The third-order valence-corrected chi connectivity index (χ3v) is 3.30. The molecule has 0 saturated heterocycles. The summed E-state index contributed by atoms with van der Waals surface area (Å²) >= 11 is 0. The molecule has 0 aliphatic heterocycles. The highest BCUT2D eigenvalue weighted by atomic mass is 16.5. The summed E-state index contributed by atoms with van der Waals surface area (Å²) in [4.78, 5) is 2.42. The van der Waals surface area contributed by atoms with E-state index in [4.69, 9.17) is 10.5 Å². The molecule has 3 heteroatoms. The third kappa shape index (κ3) is 4.96. The summed E-state index contributed by atoms with van der Waals surface area (Å²) in [5.74, 6) is 1.53. The standard InChI is InChI=1S/C15H26N2O/c1-4-13(3)12-17(5-2)10-11-18-15-9-7-6-8-14(15)16/h6-9,13H,4-5,10-12,16H2,1-3H3. The minimum absolute atomic E-state index is 0.693. The van der Waals surface area contributed by atoms with Gasteiger partial charge >= 0.3 is 0 Å². The molecular formula is C15H26N2O. The smallest absolute Gasteiger partial charge is 0.142 e. The molecule has 0 heterocycles. The van der Waals surface area contributed by atoms with Gasteiger partial charge in [0, 0.05) is 13.1 Å². The van der Waals surface area contributed by atoms with E-state index in [2.05, 4.69) is 25.7 Å². The van der Waals surface area contributed by atoms with Gasteiger partial charge in [-0.1, -0.05) is 39.3 Å². The molecule has 0 amide bonds. The Bertz CT molecular complexity index is 341. The average Bonchev–Trinajstić information content (AvgIpc) is 2.39. The van der Waals surface area contributed by atoms with Gasteiger partial charge in [0.05, 0.1) is 5.69 Å². The second-order valence-corrected chi connectivity index (χ2v) is 4.79. The number of anilines is 1. The number of para-hydroxylation sites is 2. The van der Waals surface area contributed by atoms with Crippen molar-refractivity contribution in [2.45, 2.75) is 27.2 Å². The van der Waals surface area contributed by atoms with Crippen LogP contribution >= 0.6 is 0 Å². The van der Waals surface area contributed by atoms with Gasteiger partial charge in [0.15, 0.2) is 0 Å². The van der Waals surface area contributed by atoms with Gasteiger partial charge in [0.25, 0.3) is 0 Å². The van der Waals surface area contributed by atoms with Crippen molar-refractivity contribution in [3.8, 4) is 5.75 Å². The van der Waals surface area contributed by atoms with E-state index in [1.807, 2.05) is 24.3 Å². The SMILES string of the molecule is CCC(C)CN(CC)CCOc1ccccc1N. The lowest BCUT2D eigenvalue weighted by molar-refractivity contribution is 0.195. The van der Waals surface area contributed by atoms with Gasteiger partial charge in [0.2, 0.25) is 0 Å². The molecule has 3 nitrogen and oxygen atoms in total. The number of ether oxygens (including phenoxy) is 1. The molecule has 1 aromatic rings. The lowest BCUT2D eigenvalue weighted by Crippen LogP contribution is -2.32. The maximum Gasteiger partial charge on any atom is 0.142 e. The topological polar surface area (TPSA) is 38.5 Å². The number of benzene rings is 1. The molecule has 0 aliphatic carbocycles. The Labute approximate surface area is 111 Å². The van der Waals surface area contributed by atoms with E-state index >= 15 is 0 Å². The fourth-order valence-electron chi connectivity index (χ4n) is 1.85. The molecule has 18 heavy (non-hydrogen) atoms. The first-order valence-electron chi connectivity index (χ1n) is 6.87. The molecule has 2 N–H and O–H groups in total. The molecule has 0 spiro atoms. The predicted octanol–water partition coefficient (Wildman–Crippen LogP) is 3.02. The fraction of sp³-hybridized carbons (Fsp3) is 0.600. The van der Waals surface area contributed by atoms with E-state index in [1.165, 1.54) is 6.42 Å². The molecule has 0 bridgehead atoms. The van der Waals surface area contributed by atoms with Gasteiger partial charge in [-0.2, -0.15) is 0 Å². The van der Waals surface area contributed by atoms with Crippen molar-refractivity contribution in [1.29, 1.82) is 0 Å². The molecule has 102 valence electrons. The summed E-state index contributed by atoms with van der Waals surface area (Å²) < 4.78 is 5.72. The highest BCUT2D eigenvalue weighted by Crippen LogP contribution is 2.19. The lowest BCUT2D eigenvalue weighted by atomic mass is 10.1. The number of likely N-dealkylation sites (N-methyl/N-ethyl adjacent to an activating group) is 1. The first-order chi connectivity index (χ1) is 8.67. The largest absolute Gasteiger partial charge is 0.490 e. The molecule has 1 unspecified atom stereocenters. The first kappa shape index (κ1) is 14.8. The zero-order chi connectivity index (χ0) is 13.4. The Hall–Kier alpha value is -1.22. The second-order valence-electron chi connectivity index (χ2n) is 4.79. The van der Waals surface area contributed by atoms with Gasteiger partial charge in [-0.15, -0.1) is 0 Å². The van der Waals surface area contributed by atoms with Crippen LogP contribution in [-0.2, 0) is 0 Å². The predicted molar refractivity (Wildman–Crippen MR) is 77.9 cm³/mol. The number of nitrogen functional groups attached to an aromatic ring is 1. The molecule has 0 aromatic heterocycles. The quantitative estimate of drug-likeness (QED) is 0.721. The van der Waals surface area contributed by atoms with Crippen LogP contribution in [0.15, 0.2) is 24.3 Å². The Morgan fingerprint density at radius 2 is 2.00 bits per heavy atom. The van der Waals surface area contributed by atoms with Crippen molar-refractivity contribution in [2.24, 2.45) is 5.92 Å². The Morgan fingerprint density at radius 1 is 1.28 bits per heavy atom. The normalized spacial score (nSPS) is 12.7. The Morgan fingerprint density at radius 3 is 2.61 bits per heavy atom. The summed E-state index contributed by atoms with van der Waals surface area (Å²) in [5, 5.41) is 0. The summed E-state index contributed by atoms with van der Waals surface area (Å²) in [5.41, 5.74) is 6.54. The van der Waals surface area contributed by atoms with E-state index in [0.29, 0.717) is 12.3 Å². The minimum Gasteiger partial charge on any atom is -0.490 e. The first-order valence-corrected chi connectivity index (χ1v) is 6.87. The molecule has 1 aromatic carbocycles. The number of nitrogens with zero attached hydrogens (tertiary/aromatic N) is 1. The molecule has 0 aliphatic rings. The van der Waals surface area contributed by atoms with Gasteiger partial charge in [0.1, 0.15) is 12.4 Å². The fourth-order valence-corrected chi connectivity index (χ4v) is 1.85. The van der Waals surface area contributed by atoms with Crippen LogP contribution in [0.3, 0.4) is 0 Å². The van der Waals surface area contributed by atoms with Crippen LogP contribution in [-0.4, -0.2) is 31.1 Å². The van der Waals surface area contributed by atoms with Crippen LogP contribution in [0.2, 0.25) is 0 Å². The van der Waals surface area contributed by atoms with Crippen molar-refractivity contribution in [3.63, 3.8) is 0 Å². The highest BCUT2D eigenvalue weighted by Gasteiger charge is 2.07. The zero-order valence-corrected chi connectivity index (χ0v) is 11.9. The van der Waals surface area contributed by atoms with Crippen molar-refractivity contribution in [2.75, 3.05) is 32.0 Å². The average molecular weight is 250 g/mol. The highest BCUT2D eigenvalue weighted by molar-refractivity contribution is 5.51. The molecule has 1 rings (SSSR count). The van der Waals surface area contributed by atoms with Crippen molar-refractivity contribution in [1.82, 2.24) is 4.90 Å². The van der Waals surface area contributed by atoms with E-state index in [0.717, 1.165) is 31.3 Å². The Kier molecular flexibility index (Phi) is 6.58. The maximum atomic E-state index is 5.83. The molecule has 1 atom stereocenters. The number of nitrogens with two attached hydrogens (primary N) is 1. The number of hydrogen-bond acceptors (Lipinski definition) is 3. The van der Waals surface area contributed by atoms with Crippen LogP contribution in [0.1, 0.15) is 27.2 Å². The monoisotopic (exact) mass is 250 g/mol. The van der Waals surface area contributed by atoms with E-state index < -0.39 is 0 Å². The third-order valence-electron chi connectivity index (χ3n) is 3.30. The lowest BCUT2D eigenvalue weighted by Gasteiger charge is -2.23. The van der Waals surface area contributed by atoms with Gasteiger partial charge in [-0.3, -0.25) is 4.90 Å². The van der Waals surface area contributed by atoms with Crippen molar-refractivity contribution >= 4 is 5.69 Å². The minimum atomic E-state index is 0.693. The molecule has 0 radical (unpaired) electrons. The van der Waals surface area contributed by atoms with E-state index in [-0.39, 0.29) is 0 Å². The van der Waals surface area contributed by atoms with Crippen molar-refractivity contribution in [3.05, 3.63) is 24.3 Å². The number of rotatable bonds is 8. The zero-order valence-electron chi connectivity index (χ0n) is 11.9. The molecular weight excluding hydrogens is 224 g/mol.